The van der Waals surface area contributed by atoms with Crippen LogP contribution in [0.15, 0.2) is 36.4 Å². The van der Waals surface area contributed by atoms with Crippen molar-refractivity contribution in [1.82, 2.24) is 4.90 Å². The Morgan fingerprint density at radius 1 is 1.29 bits per heavy atom. The lowest BCUT2D eigenvalue weighted by Crippen LogP contribution is -2.50. The summed E-state index contributed by atoms with van der Waals surface area (Å²) in [5, 5.41) is 0. The minimum Gasteiger partial charge on any atom is -0.365 e. The van der Waals surface area contributed by atoms with Crippen LogP contribution < -0.4 is 0 Å². The van der Waals surface area contributed by atoms with Gasteiger partial charge in [0.2, 0.25) is 0 Å². The normalized spacial score (nSPS) is 36.0. The summed E-state index contributed by atoms with van der Waals surface area (Å²) in [6.45, 7) is 1.94. The number of ether oxygens (including phenoxy) is 1. The molecule has 4 rings (SSSR count). The summed E-state index contributed by atoms with van der Waals surface area (Å²) >= 11 is 0. The van der Waals surface area contributed by atoms with Crippen molar-refractivity contribution >= 4 is 0 Å². The second kappa shape index (κ2) is 5.26. The van der Waals surface area contributed by atoms with Crippen molar-refractivity contribution in [1.29, 1.82) is 0 Å². The number of fused-ring (bicyclic) bond motifs is 2. The maximum Gasteiger partial charge on any atom is 0.0966 e. The van der Waals surface area contributed by atoms with Gasteiger partial charge in [0.15, 0.2) is 0 Å². The van der Waals surface area contributed by atoms with Crippen LogP contribution in [-0.4, -0.2) is 24.5 Å². The van der Waals surface area contributed by atoms with Gasteiger partial charge in [0.25, 0.3) is 0 Å². The molecule has 3 aliphatic rings. The molecular weight excluding hydrogens is 258 g/mol. The highest BCUT2D eigenvalue weighted by atomic mass is 16.5. The molecule has 0 aromatic heterocycles. The Morgan fingerprint density at radius 3 is 3.05 bits per heavy atom. The lowest BCUT2D eigenvalue weighted by atomic mass is 9.75. The molecule has 1 aromatic rings. The van der Waals surface area contributed by atoms with E-state index < -0.39 is 0 Å². The lowest BCUT2D eigenvalue weighted by Gasteiger charge is -2.46. The molecule has 2 heterocycles. The van der Waals surface area contributed by atoms with Gasteiger partial charge in [-0.05, 0) is 56.2 Å². The van der Waals surface area contributed by atoms with Crippen LogP contribution in [0.4, 0.5) is 0 Å². The monoisotopic (exact) mass is 283 g/mol. The van der Waals surface area contributed by atoms with Gasteiger partial charge in [0, 0.05) is 12.6 Å². The predicted octanol–water partition coefficient (Wildman–Crippen LogP) is 3.86. The first-order chi connectivity index (χ1) is 10.3. The number of rotatable bonds is 1. The van der Waals surface area contributed by atoms with E-state index in [0.29, 0.717) is 12.0 Å². The maximum atomic E-state index is 6.37. The Morgan fingerprint density at radius 2 is 2.19 bits per heavy atom. The Balaban J connectivity index is 1.64. The molecule has 112 valence electrons. The smallest absolute Gasteiger partial charge is 0.0966 e. The Bertz CT molecular complexity index is 552. The first-order valence-electron chi connectivity index (χ1n) is 8.38. The molecule has 1 aliphatic carbocycles. The van der Waals surface area contributed by atoms with Crippen LogP contribution >= 0.6 is 0 Å². The van der Waals surface area contributed by atoms with Crippen molar-refractivity contribution in [2.75, 3.05) is 13.6 Å². The molecule has 1 saturated heterocycles. The topological polar surface area (TPSA) is 12.5 Å². The average molecular weight is 283 g/mol. The zero-order valence-corrected chi connectivity index (χ0v) is 12.9. The molecule has 2 aliphatic heterocycles. The highest BCUT2D eigenvalue weighted by Crippen LogP contribution is 2.47. The molecular formula is C19H25NO. The number of nitrogens with zero attached hydrogens (tertiary/aromatic N) is 1. The van der Waals surface area contributed by atoms with Crippen molar-refractivity contribution in [2.45, 2.75) is 50.4 Å². The molecule has 0 radical (unpaired) electrons. The average Bonchev–Trinajstić information content (AvgIpc) is 2.90. The second-order valence-corrected chi connectivity index (χ2v) is 6.97. The van der Waals surface area contributed by atoms with E-state index in [1.807, 2.05) is 0 Å². The molecule has 1 fully saturated rings. The molecule has 0 saturated carbocycles. The third kappa shape index (κ3) is 2.25. The molecule has 3 atom stereocenters. The van der Waals surface area contributed by atoms with Gasteiger partial charge in [0.05, 0.1) is 12.2 Å². The molecule has 2 nitrogen and oxygen atoms in total. The SMILES string of the molecule is CN1CCC2(CC1C1C=CCCC1)OCc1ccccc12. The number of benzene rings is 1. The summed E-state index contributed by atoms with van der Waals surface area (Å²) < 4.78 is 6.37. The first-order valence-corrected chi connectivity index (χ1v) is 8.38. The molecule has 1 spiro atoms. The quantitative estimate of drug-likeness (QED) is 0.726. The highest BCUT2D eigenvalue weighted by Gasteiger charge is 2.46. The van der Waals surface area contributed by atoms with Gasteiger partial charge in [-0.2, -0.15) is 0 Å². The first kappa shape index (κ1) is 13.5. The zero-order valence-electron chi connectivity index (χ0n) is 12.9. The van der Waals surface area contributed by atoms with Gasteiger partial charge in [-0.25, -0.2) is 0 Å². The Kier molecular flexibility index (Phi) is 3.39. The van der Waals surface area contributed by atoms with E-state index in [9.17, 15) is 0 Å². The molecule has 21 heavy (non-hydrogen) atoms. The predicted molar refractivity (Wildman–Crippen MR) is 85.0 cm³/mol. The Labute approximate surface area is 127 Å². The summed E-state index contributed by atoms with van der Waals surface area (Å²) in [4.78, 5) is 2.57. The third-order valence-corrected chi connectivity index (χ3v) is 5.77. The fourth-order valence-corrected chi connectivity index (χ4v) is 4.52. The van der Waals surface area contributed by atoms with Gasteiger partial charge < -0.3 is 9.64 Å². The molecule has 3 unspecified atom stereocenters. The van der Waals surface area contributed by atoms with Crippen LogP contribution in [0.3, 0.4) is 0 Å². The van der Waals surface area contributed by atoms with E-state index in [1.54, 1.807) is 0 Å². The lowest BCUT2D eigenvalue weighted by molar-refractivity contribution is -0.0983. The second-order valence-electron chi connectivity index (χ2n) is 6.97. The number of hydrogen-bond acceptors (Lipinski definition) is 2. The van der Waals surface area contributed by atoms with Crippen molar-refractivity contribution in [3.63, 3.8) is 0 Å². The van der Waals surface area contributed by atoms with E-state index in [4.69, 9.17) is 4.74 Å². The number of allylic oxidation sites excluding steroid dienone is 1. The summed E-state index contributed by atoms with van der Waals surface area (Å²) in [5.41, 5.74) is 2.85. The van der Waals surface area contributed by atoms with Gasteiger partial charge in [-0.3, -0.25) is 0 Å². The summed E-state index contributed by atoms with van der Waals surface area (Å²) in [5.74, 6) is 0.706. The molecule has 0 amide bonds. The highest BCUT2D eigenvalue weighted by molar-refractivity contribution is 5.36. The maximum absolute atomic E-state index is 6.37. The van der Waals surface area contributed by atoms with Gasteiger partial charge in [-0.15, -0.1) is 0 Å². The molecule has 0 bridgehead atoms. The minimum atomic E-state index is -0.0148. The van der Waals surface area contributed by atoms with E-state index in [-0.39, 0.29) is 5.60 Å². The van der Waals surface area contributed by atoms with Crippen molar-refractivity contribution in [2.24, 2.45) is 5.92 Å². The number of likely N-dealkylation sites (tertiary alicyclic amines) is 1. The van der Waals surface area contributed by atoms with Crippen LogP contribution in [-0.2, 0) is 16.9 Å². The summed E-state index contributed by atoms with van der Waals surface area (Å²) in [6.07, 6.45) is 11.1. The van der Waals surface area contributed by atoms with Gasteiger partial charge in [0.1, 0.15) is 0 Å². The van der Waals surface area contributed by atoms with Gasteiger partial charge in [-0.1, -0.05) is 36.4 Å². The van der Waals surface area contributed by atoms with Crippen LogP contribution in [0.2, 0.25) is 0 Å². The fourth-order valence-electron chi connectivity index (χ4n) is 4.52. The number of piperidine rings is 1. The standard InChI is InChI=1S/C19H25NO/c1-20-12-11-19(13-18(20)15-7-3-2-4-8-15)17-10-6-5-9-16(17)14-21-19/h3,5-7,9-10,15,18H,2,4,8,11-14H2,1H3. The third-order valence-electron chi connectivity index (χ3n) is 5.77. The zero-order chi connectivity index (χ0) is 14.3. The summed E-state index contributed by atoms with van der Waals surface area (Å²) in [7, 11) is 2.29. The minimum absolute atomic E-state index is 0.0148. The van der Waals surface area contributed by atoms with Crippen molar-refractivity contribution < 1.29 is 4.74 Å². The van der Waals surface area contributed by atoms with Gasteiger partial charge >= 0.3 is 0 Å². The largest absolute Gasteiger partial charge is 0.365 e. The van der Waals surface area contributed by atoms with Crippen LogP contribution in [0.1, 0.15) is 43.2 Å². The van der Waals surface area contributed by atoms with E-state index in [2.05, 4.69) is 48.4 Å². The van der Waals surface area contributed by atoms with Crippen LogP contribution in [0.25, 0.3) is 0 Å². The van der Waals surface area contributed by atoms with Crippen molar-refractivity contribution in [3.8, 4) is 0 Å². The molecule has 1 aromatic carbocycles. The van der Waals surface area contributed by atoms with Crippen LogP contribution in [0.5, 0.6) is 0 Å². The van der Waals surface area contributed by atoms with E-state index >= 15 is 0 Å². The molecule has 0 N–H and O–H groups in total. The Hall–Kier alpha value is -1.12. The molecule has 2 heteroatoms. The summed E-state index contributed by atoms with van der Waals surface area (Å²) in [6, 6.07) is 9.46. The van der Waals surface area contributed by atoms with E-state index in [1.165, 1.54) is 30.4 Å². The van der Waals surface area contributed by atoms with E-state index in [0.717, 1.165) is 26.0 Å². The van der Waals surface area contributed by atoms with Crippen LogP contribution in [0, 0.1) is 5.92 Å². The number of hydrogen-bond donors (Lipinski definition) is 0. The fraction of sp³-hybridized carbons (Fsp3) is 0.579. The van der Waals surface area contributed by atoms with Crippen molar-refractivity contribution in [3.05, 3.63) is 47.5 Å².